The minimum absolute atomic E-state index is 0.0954. The molecule has 4 nitrogen and oxygen atoms in total. The van der Waals surface area contributed by atoms with E-state index in [4.69, 9.17) is 4.42 Å². The fourth-order valence-electron chi connectivity index (χ4n) is 2.11. The summed E-state index contributed by atoms with van der Waals surface area (Å²) in [6.07, 6.45) is 1.37. The Morgan fingerprint density at radius 1 is 1.00 bits per heavy atom. The molecule has 0 saturated carbocycles. The summed E-state index contributed by atoms with van der Waals surface area (Å²) in [7, 11) is 0. The Labute approximate surface area is 128 Å². The van der Waals surface area contributed by atoms with Gasteiger partial charge in [0.05, 0.1) is 10.9 Å². The monoisotopic (exact) mass is 298 g/mol. The van der Waals surface area contributed by atoms with Gasteiger partial charge in [-0.2, -0.15) is 0 Å². The molecule has 3 rings (SSSR count). The molecule has 0 aliphatic heterocycles. The van der Waals surface area contributed by atoms with Crippen LogP contribution in [0, 0.1) is 6.92 Å². The van der Waals surface area contributed by atoms with Crippen molar-refractivity contribution < 1.29 is 14.6 Å². The first-order chi connectivity index (χ1) is 10.6. The smallest absolute Gasteiger partial charge is 0.200 e. The molecular weight excluding hydrogens is 280 g/mol. The third-order valence-electron chi connectivity index (χ3n) is 3.27. The molecule has 22 heavy (non-hydrogen) atoms. The second kappa shape index (κ2) is 6.35. The highest BCUT2D eigenvalue weighted by atomic mass is 16.3. The van der Waals surface area contributed by atoms with E-state index < -0.39 is 0 Å². The van der Waals surface area contributed by atoms with Gasteiger partial charge in [-0.15, -0.1) is 0 Å². The zero-order valence-corrected chi connectivity index (χ0v) is 12.8. The molecule has 1 aromatic heterocycles. The van der Waals surface area contributed by atoms with E-state index >= 15 is 0 Å². The van der Waals surface area contributed by atoms with Crippen LogP contribution in [-0.4, -0.2) is 10.2 Å². The summed E-state index contributed by atoms with van der Waals surface area (Å²) in [5.41, 5.74) is 1.89. The van der Waals surface area contributed by atoms with Crippen molar-refractivity contribution in [2.45, 2.75) is 20.8 Å². The van der Waals surface area contributed by atoms with Gasteiger partial charge in [0.25, 0.3) is 0 Å². The number of aromatic hydroxyl groups is 2. The number of aryl methyl sites for hydroxylation is 1. The molecule has 0 fully saturated rings. The van der Waals surface area contributed by atoms with E-state index in [9.17, 15) is 15.0 Å². The van der Waals surface area contributed by atoms with Crippen LogP contribution in [0.15, 0.2) is 51.9 Å². The second-order valence-electron chi connectivity index (χ2n) is 4.66. The molecule has 114 valence electrons. The highest BCUT2D eigenvalue weighted by molar-refractivity contribution is 5.83. The molecule has 0 amide bonds. The van der Waals surface area contributed by atoms with Gasteiger partial charge in [-0.25, -0.2) is 0 Å². The van der Waals surface area contributed by atoms with Crippen LogP contribution in [0.3, 0.4) is 0 Å². The first-order valence-electron chi connectivity index (χ1n) is 7.11. The first-order valence-corrected chi connectivity index (χ1v) is 7.11. The van der Waals surface area contributed by atoms with Crippen LogP contribution in [-0.2, 0) is 0 Å². The van der Waals surface area contributed by atoms with E-state index in [1.165, 1.54) is 24.5 Å². The summed E-state index contributed by atoms with van der Waals surface area (Å²) in [6, 6.07) is 9.39. The molecule has 0 atom stereocenters. The third-order valence-corrected chi connectivity index (χ3v) is 3.27. The average Bonchev–Trinajstić information content (AvgIpc) is 2.53. The van der Waals surface area contributed by atoms with E-state index in [-0.39, 0.29) is 16.9 Å². The Morgan fingerprint density at radius 2 is 1.64 bits per heavy atom. The molecule has 4 heteroatoms. The topological polar surface area (TPSA) is 70.7 Å². The van der Waals surface area contributed by atoms with E-state index in [2.05, 4.69) is 0 Å². The fraction of sp³-hybridized carbons (Fsp3) is 0.167. The van der Waals surface area contributed by atoms with Gasteiger partial charge in [-0.1, -0.05) is 26.0 Å². The number of fused-ring (bicyclic) bond motifs is 1. The number of hydrogen-bond donors (Lipinski definition) is 2. The molecule has 0 aliphatic rings. The van der Waals surface area contributed by atoms with Crippen molar-refractivity contribution in [3.05, 3.63) is 58.4 Å². The van der Waals surface area contributed by atoms with Gasteiger partial charge >= 0.3 is 0 Å². The SMILES string of the molecule is CC.Cc1cc2c(=O)c(-c3ccc(O)cc3)coc2cc1O. The summed E-state index contributed by atoms with van der Waals surface area (Å²) in [6.45, 7) is 5.72. The van der Waals surface area contributed by atoms with Crippen molar-refractivity contribution >= 4 is 11.0 Å². The van der Waals surface area contributed by atoms with Crippen LogP contribution in [0.4, 0.5) is 0 Å². The van der Waals surface area contributed by atoms with Crippen molar-refractivity contribution in [3.63, 3.8) is 0 Å². The lowest BCUT2D eigenvalue weighted by Gasteiger charge is -2.05. The normalized spacial score (nSPS) is 10.1. The molecule has 2 aromatic carbocycles. The molecule has 3 aromatic rings. The van der Waals surface area contributed by atoms with Crippen molar-refractivity contribution in [1.29, 1.82) is 0 Å². The van der Waals surface area contributed by atoms with Crippen molar-refractivity contribution in [1.82, 2.24) is 0 Å². The molecule has 0 radical (unpaired) electrons. The fourth-order valence-corrected chi connectivity index (χ4v) is 2.11. The van der Waals surface area contributed by atoms with Crippen LogP contribution < -0.4 is 5.43 Å². The summed E-state index contributed by atoms with van der Waals surface area (Å²) >= 11 is 0. The highest BCUT2D eigenvalue weighted by Crippen LogP contribution is 2.26. The minimum Gasteiger partial charge on any atom is -0.508 e. The van der Waals surface area contributed by atoms with Crippen molar-refractivity contribution in [2.24, 2.45) is 0 Å². The summed E-state index contributed by atoms with van der Waals surface area (Å²) in [5.74, 6) is 0.234. The molecule has 0 saturated heterocycles. The van der Waals surface area contributed by atoms with Gasteiger partial charge in [0.15, 0.2) is 0 Å². The lowest BCUT2D eigenvalue weighted by atomic mass is 10.0. The lowest BCUT2D eigenvalue weighted by Crippen LogP contribution is -2.04. The zero-order valence-electron chi connectivity index (χ0n) is 12.8. The quantitative estimate of drug-likeness (QED) is 0.706. The van der Waals surface area contributed by atoms with Crippen molar-refractivity contribution in [2.75, 3.05) is 0 Å². The van der Waals surface area contributed by atoms with Gasteiger partial charge in [0.1, 0.15) is 23.3 Å². The van der Waals surface area contributed by atoms with Gasteiger partial charge in [-0.05, 0) is 36.2 Å². The van der Waals surface area contributed by atoms with Gasteiger partial charge in [0, 0.05) is 6.07 Å². The molecular formula is C18H18O4. The van der Waals surface area contributed by atoms with Crippen LogP contribution >= 0.6 is 0 Å². The maximum Gasteiger partial charge on any atom is 0.200 e. The summed E-state index contributed by atoms with van der Waals surface area (Å²) in [4.78, 5) is 12.5. The van der Waals surface area contributed by atoms with E-state index in [0.717, 1.165) is 0 Å². The number of rotatable bonds is 1. The highest BCUT2D eigenvalue weighted by Gasteiger charge is 2.11. The molecule has 0 unspecified atom stereocenters. The summed E-state index contributed by atoms with van der Waals surface area (Å²) < 4.78 is 5.42. The average molecular weight is 298 g/mol. The van der Waals surface area contributed by atoms with Crippen molar-refractivity contribution in [3.8, 4) is 22.6 Å². The molecule has 2 N–H and O–H groups in total. The minimum atomic E-state index is -0.167. The predicted molar refractivity (Wildman–Crippen MR) is 87.3 cm³/mol. The maximum absolute atomic E-state index is 12.5. The number of benzene rings is 2. The number of phenolic OH excluding ortho intramolecular Hbond substituents is 2. The third kappa shape index (κ3) is 2.81. The standard InChI is InChI=1S/C16H12O4.C2H6/c1-9-6-12-15(7-14(9)18)20-8-13(16(12)19)10-2-4-11(17)5-3-10;1-2/h2-8,17-18H,1H3;1-2H3. The largest absolute Gasteiger partial charge is 0.508 e. The van der Waals surface area contributed by atoms with Gasteiger partial charge in [-0.3, -0.25) is 4.79 Å². The van der Waals surface area contributed by atoms with Gasteiger partial charge < -0.3 is 14.6 Å². The van der Waals surface area contributed by atoms with Crippen LogP contribution in [0.5, 0.6) is 11.5 Å². The molecule has 1 heterocycles. The van der Waals surface area contributed by atoms with Crippen LogP contribution in [0.25, 0.3) is 22.1 Å². The summed E-state index contributed by atoms with van der Waals surface area (Å²) in [5, 5.41) is 19.3. The number of phenols is 2. The van der Waals surface area contributed by atoms with E-state index in [1.54, 1.807) is 25.1 Å². The van der Waals surface area contributed by atoms with Crippen LogP contribution in [0.2, 0.25) is 0 Å². The Hall–Kier alpha value is -2.75. The molecule has 0 aliphatic carbocycles. The zero-order chi connectivity index (χ0) is 16.3. The first kappa shape index (κ1) is 15.6. The Morgan fingerprint density at radius 3 is 2.27 bits per heavy atom. The van der Waals surface area contributed by atoms with E-state index in [1.807, 2.05) is 13.8 Å². The Bertz CT molecular complexity index is 845. The second-order valence-corrected chi connectivity index (χ2v) is 4.66. The Kier molecular flexibility index (Phi) is 4.51. The Balaban J connectivity index is 0.000000847. The molecule has 0 spiro atoms. The van der Waals surface area contributed by atoms with Gasteiger partial charge in [0.2, 0.25) is 5.43 Å². The number of hydrogen-bond acceptors (Lipinski definition) is 4. The molecule has 0 bridgehead atoms. The maximum atomic E-state index is 12.5. The lowest BCUT2D eigenvalue weighted by molar-refractivity contribution is 0.470. The van der Waals surface area contributed by atoms with E-state index in [0.29, 0.717) is 27.7 Å². The predicted octanol–water partition coefficient (Wildman–Crippen LogP) is 4.21. The van der Waals surface area contributed by atoms with Crippen LogP contribution in [0.1, 0.15) is 19.4 Å².